The zero-order chi connectivity index (χ0) is 31.7. The Morgan fingerprint density at radius 1 is 0.978 bits per heavy atom. The average Bonchev–Trinajstić information content (AvgIpc) is 3.03. The van der Waals surface area contributed by atoms with Crippen molar-refractivity contribution in [3.8, 4) is 16.9 Å². The molecule has 1 saturated heterocycles. The lowest BCUT2D eigenvalue weighted by Crippen LogP contribution is -2.39. The number of aliphatic hydroxyl groups is 1. The van der Waals surface area contributed by atoms with Crippen molar-refractivity contribution in [2.24, 2.45) is 7.05 Å². The molecule has 4 heterocycles. The number of nitrogens with one attached hydrogen (secondary N) is 1. The van der Waals surface area contributed by atoms with Gasteiger partial charge in [0.1, 0.15) is 11.5 Å². The first-order chi connectivity index (χ1) is 21.6. The van der Waals surface area contributed by atoms with Crippen LogP contribution in [0.5, 0.6) is 0 Å². The third-order valence-electron chi connectivity index (χ3n) is 8.08. The molecule has 0 saturated carbocycles. The van der Waals surface area contributed by atoms with E-state index in [1.54, 1.807) is 60.9 Å². The van der Waals surface area contributed by atoms with Gasteiger partial charge in [-0.25, -0.2) is 9.67 Å². The number of likely N-dealkylation sites (tertiary alicyclic amines) is 1. The summed E-state index contributed by atoms with van der Waals surface area (Å²) in [6, 6.07) is 17.4. The molecular formula is C32H30F3N7O3. The van der Waals surface area contributed by atoms with Gasteiger partial charge in [-0.3, -0.25) is 14.5 Å². The van der Waals surface area contributed by atoms with Crippen LogP contribution in [0.3, 0.4) is 0 Å². The van der Waals surface area contributed by atoms with E-state index in [1.165, 1.54) is 21.3 Å². The summed E-state index contributed by atoms with van der Waals surface area (Å²) >= 11 is 0. The van der Waals surface area contributed by atoms with E-state index in [0.29, 0.717) is 65.0 Å². The summed E-state index contributed by atoms with van der Waals surface area (Å²) in [5, 5.41) is 23.4. The van der Waals surface area contributed by atoms with Gasteiger partial charge in [0.2, 0.25) is 0 Å². The van der Waals surface area contributed by atoms with Crippen LogP contribution in [0.4, 0.5) is 24.7 Å². The molecule has 3 aromatic heterocycles. The number of rotatable bonds is 7. The van der Waals surface area contributed by atoms with Crippen LogP contribution in [0.25, 0.3) is 27.7 Å². The quantitative estimate of drug-likeness (QED) is 0.274. The second-order valence-electron chi connectivity index (χ2n) is 11.0. The molecule has 0 bridgehead atoms. The highest BCUT2D eigenvalue weighted by molar-refractivity contribution is 5.81. The van der Waals surface area contributed by atoms with Gasteiger partial charge in [0, 0.05) is 29.8 Å². The normalized spacial score (nSPS) is 14.6. The first-order valence-electron chi connectivity index (χ1n) is 14.4. The molecular weight excluding hydrogens is 587 g/mol. The molecule has 2 N–H and O–H groups in total. The summed E-state index contributed by atoms with van der Waals surface area (Å²) in [5.41, 5.74) is 2.06. The van der Waals surface area contributed by atoms with Gasteiger partial charge in [-0.1, -0.05) is 36.4 Å². The third kappa shape index (κ3) is 6.35. The molecule has 6 rings (SSSR count). The minimum absolute atomic E-state index is 0.102. The van der Waals surface area contributed by atoms with Crippen LogP contribution in [0.15, 0.2) is 82.6 Å². The Balaban J connectivity index is 1.26. The predicted octanol–water partition coefficient (Wildman–Crippen LogP) is 4.52. The van der Waals surface area contributed by atoms with E-state index in [9.17, 15) is 27.9 Å². The van der Waals surface area contributed by atoms with Crippen molar-refractivity contribution in [2.75, 3.05) is 25.0 Å². The van der Waals surface area contributed by atoms with Crippen LogP contribution in [-0.4, -0.2) is 60.4 Å². The fourth-order valence-corrected chi connectivity index (χ4v) is 5.81. The molecule has 0 atom stereocenters. The molecule has 1 aliphatic rings. The third-order valence-corrected chi connectivity index (χ3v) is 8.08. The Kier molecular flexibility index (Phi) is 8.21. The number of hydrogen-bond acceptors (Lipinski definition) is 8. The van der Waals surface area contributed by atoms with Crippen molar-refractivity contribution in [1.29, 1.82) is 0 Å². The Hall–Kier alpha value is -4.88. The number of halogens is 3. The minimum atomic E-state index is -4.21. The van der Waals surface area contributed by atoms with E-state index in [0.717, 1.165) is 5.56 Å². The van der Waals surface area contributed by atoms with Gasteiger partial charge in [0.05, 0.1) is 36.1 Å². The van der Waals surface area contributed by atoms with Crippen molar-refractivity contribution in [2.45, 2.75) is 31.5 Å². The highest BCUT2D eigenvalue weighted by Gasteiger charge is 2.32. The Bertz CT molecular complexity index is 1970. The maximum absolute atomic E-state index is 13.3. The van der Waals surface area contributed by atoms with Crippen molar-refractivity contribution >= 4 is 22.3 Å². The van der Waals surface area contributed by atoms with E-state index < -0.39 is 24.9 Å². The van der Waals surface area contributed by atoms with Crippen LogP contribution < -0.4 is 16.4 Å². The molecule has 0 amide bonds. The minimum Gasteiger partial charge on any atom is -0.392 e. The van der Waals surface area contributed by atoms with Gasteiger partial charge in [-0.05, 0) is 61.7 Å². The fourth-order valence-electron chi connectivity index (χ4n) is 5.81. The largest absolute Gasteiger partial charge is 0.401 e. The standard InChI is InChI=1S/C32H30F3N7O3/c1-40-31(45)27(38-29-10-9-21(16-36-29)20-11-13-41(14-12-20)19-32(33,34)35)15-26(39-40)24-7-4-8-28(25(24)18-43)42-30(44)23-6-3-2-5-22(23)17-37-42/h2-10,15-17,20,43H,11-14,18-19H2,1H3,(H,36,38). The molecule has 10 nitrogen and oxygen atoms in total. The van der Waals surface area contributed by atoms with Gasteiger partial charge >= 0.3 is 6.18 Å². The Labute approximate surface area is 255 Å². The number of aliphatic hydroxyl groups excluding tert-OH is 1. The van der Waals surface area contributed by atoms with Gasteiger partial charge in [0.25, 0.3) is 11.1 Å². The van der Waals surface area contributed by atoms with Gasteiger partial charge in [0.15, 0.2) is 0 Å². The van der Waals surface area contributed by atoms with Crippen molar-refractivity contribution in [3.05, 3.63) is 105 Å². The summed E-state index contributed by atoms with van der Waals surface area (Å²) in [4.78, 5) is 32.2. The van der Waals surface area contributed by atoms with Crippen molar-refractivity contribution < 1.29 is 18.3 Å². The van der Waals surface area contributed by atoms with Crippen LogP contribution in [0.1, 0.15) is 29.9 Å². The van der Waals surface area contributed by atoms with E-state index in [-0.39, 0.29) is 17.2 Å². The summed E-state index contributed by atoms with van der Waals surface area (Å²) < 4.78 is 40.6. The molecule has 0 unspecified atom stereocenters. The smallest absolute Gasteiger partial charge is 0.392 e. The van der Waals surface area contributed by atoms with E-state index in [4.69, 9.17) is 0 Å². The Morgan fingerprint density at radius 2 is 1.76 bits per heavy atom. The van der Waals surface area contributed by atoms with Gasteiger partial charge < -0.3 is 10.4 Å². The number of anilines is 2. The molecule has 1 aliphatic heterocycles. The van der Waals surface area contributed by atoms with E-state index >= 15 is 0 Å². The van der Waals surface area contributed by atoms with Gasteiger partial charge in [-0.2, -0.15) is 28.1 Å². The second-order valence-corrected chi connectivity index (χ2v) is 11.0. The predicted molar refractivity (Wildman–Crippen MR) is 164 cm³/mol. The maximum atomic E-state index is 13.3. The number of alkyl halides is 3. The molecule has 0 radical (unpaired) electrons. The topological polar surface area (TPSA) is 118 Å². The van der Waals surface area contributed by atoms with Gasteiger partial charge in [-0.15, -0.1) is 0 Å². The van der Waals surface area contributed by atoms with Crippen molar-refractivity contribution in [1.82, 2.24) is 29.4 Å². The highest BCUT2D eigenvalue weighted by Crippen LogP contribution is 2.31. The van der Waals surface area contributed by atoms with Crippen LogP contribution in [0.2, 0.25) is 0 Å². The molecule has 5 aromatic rings. The highest BCUT2D eigenvalue weighted by atomic mass is 19.4. The first kappa shape index (κ1) is 30.2. The average molecular weight is 618 g/mol. The van der Waals surface area contributed by atoms with Crippen molar-refractivity contribution in [3.63, 3.8) is 0 Å². The number of benzene rings is 2. The van der Waals surface area contributed by atoms with E-state index in [1.807, 2.05) is 12.1 Å². The molecule has 13 heteroatoms. The summed E-state index contributed by atoms with van der Waals surface area (Å²) in [6.45, 7) is -0.588. The van der Waals surface area contributed by atoms with E-state index in [2.05, 4.69) is 20.5 Å². The molecule has 0 spiro atoms. The maximum Gasteiger partial charge on any atom is 0.401 e. The monoisotopic (exact) mass is 617 g/mol. The number of piperidine rings is 1. The Morgan fingerprint density at radius 3 is 2.47 bits per heavy atom. The molecule has 1 fully saturated rings. The molecule has 45 heavy (non-hydrogen) atoms. The molecule has 2 aromatic carbocycles. The number of aryl methyl sites for hydroxylation is 1. The lowest BCUT2D eigenvalue weighted by molar-refractivity contribution is -0.147. The lowest BCUT2D eigenvalue weighted by atomic mass is 9.90. The summed E-state index contributed by atoms with van der Waals surface area (Å²) in [7, 11) is 1.51. The number of pyridine rings is 1. The SMILES string of the molecule is Cn1nc(-c2cccc(-n3ncc4ccccc4c3=O)c2CO)cc(Nc2ccc(C3CCN(CC(F)(F)F)CC3)cn2)c1=O. The van der Waals surface area contributed by atoms with Crippen LogP contribution in [-0.2, 0) is 13.7 Å². The number of nitrogens with zero attached hydrogens (tertiary/aromatic N) is 6. The van der Waals surface area contributed by atoms with Crippen LogP contribution in [0, 0.1) is 0 Å². The lowest BCUT2D eigenvalue weighted by Gasteiger charge is -2.32. The molecule has 232 valence electrons. The zero-order valence-corrected chi connectivity index (χ0v) is 24.3. The fraction of sp³-hybridized carbons (Fsp3) is 0.281. The summed E-state index contributed by atoms with van der Waals surface area (Å²) in [6.07, 6.45) is 0.270. The second kappa shape index (κ2) is 12.3. The zero-order valence-electron chi connectivity index (χ0n) is 24.3. The number of hydrogen-bond donors (Lipinski definition) is 2. The summed E-state index contributed by atoms with van der Waals surface area (Å²) in [5.74, 6) is 0.510. The number of aromatic nitrogens is 5. The van der Waals surface area contributed by atoms with Crippen LogP contribution >= 0.6 is 0 Å². The molecule has 0 aliphatic carbocycles. The first-order valence-corrected chi connectivity index (χ1v) is 14.4. The number of fused-ring (bicyclic) bond motifs is 1.